The van der Waals surface area contributed by atoms with E-state index in [1.165, 1.54) is 22.7 Å². The minimum Gasteiger partial charge on any atom is -0.358 e. The van der Waals surface area contributed by atoms with E-state index in [0.29, 0.717) is 5.92 Å². The van der Waals surface area contributed by atoms with Crippen LogP contribution >= 0.6 is 0 Å². The van der Waals surface area contributed by atoms with E-state index >= 15 is 0 Å². The molecule has 2 heterocycles. The van der Waals surface area contributed by atoms with Gasteiger partial charge < -0.3 is 9.88 Å². The Morgan fingerprint density at radius 2 is 2.28 bits per heavy atom. The topological polar surface area (TPSA) is 36.1 Å². The predicted molar refractivity (Wildman–Crippen MR) is 72.4 cm³/mol. The van der Waals surface area contributed by atoms with Gasteiger partial charge in [0.05, 0.1) is 0 Å². The van der Waals surface area contributed by atoms with E-state index in [2.05, 4.69) is 29.8 Å². The molecule has 1 aromatic heterocycles. The number of aromatic nitrogens is 1. The van der Waals surface area contributed by atoms with Crippen LogP contribution in [0.2, 0.25) is 0 Å². The fourth-order valence-corrected chi connectivity index (χ4v) is 2.66. The van der Waals surface area contributed by atoms with Crippen molar-refractivity contribution in [1.29, 1.82) is 0 Å². The first-order valence-corrected chi connectivity index (χ1v) is 6.27. The molecule has 3 heteroatoms. The average molecular weight is 240 g/mol. The van der Waals surface area contributed by atoms with Crippen molar-refractivity contribution >= 4 is 16.8 Å². The van der Waals surface area contributed by atoms with Crippen molar-refractivity contribution in [3.05, 3.63) is 48.7 Å². The van der Waals surface area contributed by atoms with Crippen LogP contribution in [-0.2, 0) is 4.79 Å². The Hall–Kier alpha value is -2.03. The maximum Gasteiger partial charge on any atom is 0.245 e. The summed E-state index contributed by atoms with van der Waals surface area (Å²) in [7, 11) is 0. The van der Waals surface area contributed by atoms with Crippen LogP contribution in [0.4, 0.5) is 0 Å². The van der Waals surface area contributed by atoms with Crippen LogP contribution < -0.4 is 0 Å². The van der Waals surface area contributed by atoms with E-state index in [4.69, 9.17) is 0 Å². The number of rotatable bonds is 2. The summed E-state index contributed by atoms with van der Waals surface area (Å²) in [5.74, 6) is 0.454. The zero-order valence-electron chi connectivity index (χ0n) is 10.2. The number of para-hydroxylation sites is 1. The van der Waals surface area contributed by atoms with E-state index < -0.39 is 0 Å². The van der Waals surface area contributed by atoms with Gasteiger partial charge in [-0.05, 0) is 30.0 Å². The second kappa shape index (κ2) is 4.33. The minimum atomic E-state index is 0.0358. The summed E-state index contributed by atoms with van der Waals surface area (Å²) in [4.78, 5) is 16.9. The molecule has 1 amide bonds. The fourth-order valence-electron chi connectivity index (χ4n) is 2.66. The number of carbonyl (C=O) groups is 1. The van der Waals surface area contributed by atoms with Gasteiger partial charge >= 0.3 is 0 Å². The lowest BCUT2D eigenvalue weighted by Crippen LogP contribution is -2.26. The normalized spacial score (nSPS) is 19.3. The number of hydrogen-bond acceptors (Lipinski definition) is 1. The van der Waals surface area contributed by atoms with Gasteiger partial charge in [0.15, 0.2) is 0 Å². The van der Waals surface area contributed by atoms with Gasteiger partial charge in [-0.15, -0.1) is 0 Å². The third-order valence-electron chi connectivity index (χ3n) is 3.67. The lowest BCUT2D eigenvalue weighted by molar-refractivity contribution is -0.125. The second-order valence-corrected chi connectivity index (χ2v) is 4.79. The van der Waals surface area contributed by atoms with Crippen LogP contribution in [-0.4, -0.2) is 28.9 Å². The van der Waals surface area contributed by atoms with E-state index in [1.807, 2.05) is 17.0 Å². The van der Waals surface area contributed by atoms with Crippen LogP contribution in [0.25, 0.3) is 10.9 Å². The number of nitrogens with zero attached hydrogens (tertiary/aromatic N) is 1. The van der Waals surface area contributed by atoms with Crippen LogP contribution in [0, 0.1) is 0 Å². The molecule has 1 N–H and O–H groups in total. The van der Waals surface area contributed by atoms with Crippen LogP contribution in [0.15, 0.2) is 43.0 Å². The Kier molecular flexibility index (Phi) is 2.67. The van der Waals surface area contributed by atoms with Crippen molar-refractivity contribution in [2.75, 3.05) is 13.1 Å². The lowest BCUT2D eigenvalue weighted by Gasteiger charge is -2.13. The summed E-state index contributed by atoms with van der Waals surface area (Å²) in [5, 5.41) is 1.24. The van der Waals surface area contributed by atoms with Gasteiger partial charge in [0.1, 0.15) is 0 Å². The molecule has 0 saturated carbocycles. The first-order chi connectivity index (χ1) is 8.78. The maximum atomic E-state index is 11.6. The van der Waals surface area contributed by atoms with Gasteiger partial charge in [0.25, 0.3) is 0 Å². The number of nitrogens with one attached hydrogen (secondary N) is 1. The summed E-state index contributed by atoms with van der Waals surface area (Å²) in [6.45, 7) is 5.15. The molecule has 0 bridgehead atoms. The summed E-state index contributed by atoms with van der Waals surface area (Å²) < 4.78 is 0. The molecule has 1 aliphatic rings. The first-order valence-electron chi connectivity index (χ1n) is 6.27. The molecule has 92 valence electrons. The number of likely N-dealkylation sites (tertiary alicyclic amines) is 1. The zero-order chi connectivity index (χ0) is 12.5. The fraction of sp³-hybridized carbons (Fsp3) is 0.267. The van der Waals surface area contributed by atoms with Crippen molar-refractivity contribution in [1.82, 2.24) is 9.88 Å². The molecule has 18 heavy (non-hydrogen) atoms. The highest BCUT2D eigenvalue weighted by molar-refractivity contribution is 5.87. The van der Waals surface area contributed by atoms with Crippen molar-refractivity contribution in [3.8, 4) is 0 Å². The molecule has 2 aromatic rings. The Morgan fingerprint density at radius 3 is 3.06 bits per heavy atom. The molecule has 1 unspecified atom stereocenters. The highest BCUT2D eigenvalue weighted by Gasteiger charge is 2.26. The average Bonchev–Trinajstić information content (AvgIpc) is 3.03. The van der Waals surface area contributed by atoms with Crippen LogP contribution in [0.1, 0.15) is 18.0 Å². The smallest absolute Gasteiger partial charge is 0.245 e. The zero-order valence-corrected chi connectivity index (χ0v) is 10.2. The molecule has 1 fully saturated rings. The summed E-state index contributed by atoms with van der Waals surface area (Å²) in [5.41, 5.74) is 2.40. The number of fused-ring (bicyclic) bond motifs is 1. The van der Waals surface area contributed by atoms with Gasteiger partial charge in [-0.1, -0.05) is 24.8 Å². The molecule has 0 spiro atoms. The lowest BCUT2D eigenvalue weighted by atomic mass is 10.1. The Labute approximate surface area is 106 Å². The largest absolute Gasteiger partial charge is 0.358 e. The Bertz CT molecular complexity index is 566. The van der Waals surface area contributed by atoms with Gasteiger partial charge in [0.2, 0.25) is 5.91 Å². The number of aromatic amines is 1. The third kappa shape index (κ3) is 1.82. The van der Waals surface area contributed by atoms with Gasteiger partial charge in [-0.3, -0.25) is 4.79 Å². The molecule has 1 aromatic carbocycles. The van der Waals surface area contributed by atoms with Crippen molar-refractivity contribution in [2.45, 2.75) is 12.3 Å². The molecule has 3 rings (SSSR count). The van der Waals surface area contributed by atoms with Gasteiger partial charge in [-0.25, -0.2) is 0 Å². The molecule has 1 aliphatic heterocycles. The second-order valence-electron chi connectivity index (χ2n) is 4.79. The summed E-state index contributed by atoms with van der Waals surface area (Å²) in [6.07, 6.45) is 2.42. The summed E-state index contributed by atoms with van der Waals surface area (Å²) in [6, 6.07) is 10.5. The third-order valence-corrected chi connectivity index (χ3v) is 3.67. The molecule has 1 saturated heterocycles. The maximum absolute atomic E-state index is 11.6. The summed E-state index contributed by atoms with van der Waals surface area (Å²) >= 11 is 0. The molecular weight excluding hydrogens is 224 g/mol. The number of amides is 1. The van der Waals surface area contributed by atoms with Gasteiger partial charge in [-0.2, -0.15) is 0 Å². The van der Waals surface area contributed by atoms with Crippen molar-refractivity contribution in [3.63, 3.8) is 0 Å². The minimum absolute atomic E-state index is 0.0358. The van der Waals surface area contributed by atoms with E-state index in [0.717, 1.165) is 19.5 Å². The highest BCUT2D eigenvalue weighted by Crippen LogP contribution is 2.29. The predicted octanol–water partition coefficient (Wildman–Crippen LogP) is 2.67. The molecule has 3 nitrogen and oxygen atoms in total. The molecule has 0 radical (unpaired) electrons. The van der Waals surface area contributed by atoms with Crippen molar-refractivity contribution < 1.29 is 4.79 Å². The Balaban J connectivity index is 1.84. The number of H-pyrrole nitrogens is 1. The van der Waals surface area contributed by atoms with Crippen LogP contribution in [0.3, 0.4) is 0 Å². The number of carbonyl (C=O) groups excluding carboxylic acids is 1. The number of benzene rings is 1. The van der Waals surface area contributed by atoms with E-state index in [9.17, 15) is 4.79 Å². The quantitative estimate of drug-likeness (QED) is 0.805. The SMILES string of the molecule is C=CC(=O)N1CCC(c2cc3ccccc3[nH]2)C1. The van der Waals surface area contributed by atoms with E-state index in [-0.39, 0.29) is 5.91 Å². The monoisotopic (exact) mass is 240 g/mol. The molecule has 1 atom stereocenters. The molecular formula is C15H16N2O. The Morgan fingerprint density at radius 1 is 1.44 bits per heavy atom. The van der Waals surface area contributed by atoms with E-state index in [1.54, 1.807) is 0 Å². The standard InChI is InChI=1S/C15H16N2O/c1-2-15(18)17-8-7-12(10-17)14-9-11-5-3-4-6-13(11)16-14/h2-6,9,12,16H,1,7-8,10H2. The molecule has 0 aliphatic carbocycles. The highest BCUT2D eigenvalue weighted by atomic mass is 16.2. The van der Waals surface area contributed by atoms with Gasteiger partial charge in [0, 0.05) is 30.2 Å². The van der Waals surface area contributed by atoms with Crippen molar-refractivity contribution in [2.24, 2.45) is 0 Å². The number of hydrogen-bond donors (Lipinski definition) is 1. The van der Waals surface area contributed by atoms with Crippen LogP contribution in [0.5, 0.6) is 0 Å². The first kappa shape index (κ1) is 11.1.